The molecule has 4 heteroatoms. The number of hydrogen-bond donors (Lipinski definition) is 1. The van der Waals surface area contributed by atoms with Crippen LogP contribution in [0.4, 0.5) is 5.82 Å². The van der Waals surface area contributed by atoms with Crippen molar-refractivity contribution >= 4 is 5.82 Å². The summed E-state index contributed by atoms with van der Waals surface area (Å²) < 4.78 is 0. The van der Waals surface area contributed by atoms with E-state index in [-0.39, 0.29) is 5.54 Å². The van der Waals surface area contributed by atoms with Gasteiger partial charge >= 0.3 is 0 Å². The smallest absolute Gasteiger partial charge is 0.146 e. The topological polar surface area (TPSA) is 52.0 Å². The van der Waals surface area contributed by atoms with Gasteiger partial charge in [-0.25, -0.2) is 4.98 Å². The predicted molar refractivity (Wildman–Crippen MR) is 79.9 cm³/mol. The van der Waals surface area contributed by atoms with Crippen LogP contribution in [-0.4, -0.2) is 30.2 Å². The van der Waals surface area contributed by atoms with Crippen LogP contribution >= 0.6 is 0 Å². The Balaban J connectivity index is 1.98. The number of aryl methyl sites for hydroxylation is 2. The fraction of sp³-hybridized carbons (Fsp3) is 0.625. The van der Waals surface area contributed by atoms with Crippen molar-refractivity contribution < 1.29 is 0 Å². The Bertz CT molecular complexity index is 556. The highest BCUT2D eigenvalue weighted by Gasteiger charge is 2.28. The van der Waals surface area contributed by atoms with Crippen molar-refractivity contribution in [3.8, 4) is 6.07 Å². The number of nitrogens with zero attached hydrogens (tertiary/aromatic N) is 3. The number of pyridine rings is 1. The molecule has 0 bridgehead atoms. The number of anilines is 1. The molecule has 1 aliphatic carbocycles. The molecule has 0 amide bonds. The van der Waals surface area contributed by atoms with Gasteiger partial charge in [0, 0.05) is 30.9 Å². The SMILES string of the molecule is CC1(C)CN(c2nc3c(cc2C#N)CCCC3)CCN1. The lowest BCUT2D eigenvalue weighted by Gasteiger charge is -2.40. The van der Waals surface area contributed by atoms with Crippen molar-refractivity contribution in [1.82, 2.24) is 10.3 Å². The first-order valence-corrected chi connectivity index (χ1v) is 7.52. The van der Waals surface area contributed by atoms with Crippen molar-refractivity contribution in [3.63, 3.8) is 0 Å². The molecule has 2 aliphatic rings. The Morgan fingerprint density at radius 1 is 1.35 bits per heavy atom. The van der Waals surface area contributed by atoms with E-state index in [0.29, 0.717) is 0 Å². The van der Waals surface area contributed by atoms with Gasteiger partial charge in [-0.05, 0) is 51.2 Å². The zero-order chi connectivity index (χ0) is 14.2. The van der Waals surface area contributed by atoms with Crippen molar-refractivity contribution in [1.29, 1.82) is 5.26 Å². The van der Waals surface area contributed by atoms with E-state index in [1.807, 2.05) is 0 Å². The van der Waals surface area contributed by atoms with Gasteiger partial charge in [0.05, 0.1) is 5.56 Å². The maximum absolute atomic E-state index is 9.45. The maximum Gasteiger partial charge on any atom is 0.146 e. The molecular formula is C16H22N4. The van der Waals surface area contributed by atoms with E-state index in [9.17, 15) is 5.26 Å². The zero-order valence-electron chi connectivity index (χ0n) is 12.4. The molecule has 0 unspecified atom stereocenters. The van der Waals surface area contributed by atoms with Gasteiger partial charge in [0.15, 0.2) is 0 Å². The van der Waals surface area contributed by atoms with Crippen LogP contribution in [0, 0.1) is 11.3 Å². The van der Waals surface area contributed by atoms with Gasteiger partial charge in [-0.15, -0.1) is 0 Å². The first-order valence-electron chi connectivity index (χ1n) is 7.52. The number of nitriles is 1. The number of hydrogen-bond acceptors (Lipinski definition) is 4. The number of rotatable bonds is 1. The third-order valence-corrected chi connectivity index (χ3v) is 4.27. The molecular weight excluding hydrogens is 248 g/mol. The van der Waals surface area contributed by atoms with Gasteiger partial charge in [-0.2, -0.15) is 5.26 Å². The van der Waals surface area contributed by atoms with Gasteiger partial charge in [-0.3, -0.25) is 0 Å². The molecule has 1 fully saturated rings. The molecule has 0 aromatic carbocycles. The standard InChI is InChI=1S/C16H22N4/c1-16(2)11-20(8-7-18-16)15-13(10-17)9-12-5-3-4-6-14(12)19-15/h9,18H,3-8,11H2,1-2H3. The molecule has 0 saturated carbocycles. The minimum absolute atomic E-state index is 0.0720. The second-order valence-corrected chi connectivity index (χ2v) is 6.52. The highest BCUT2D eigenvalue weighted by Crippen LogP contribution is 2.28. The highest BCUT2D eigenvalue weighted by atomic mass is 15.3. The molecule has 2 heterocycles. The molecule has 1 aromatic rings. The molecule has 106 valence electrons. The Morgan fingerprint density at radius 2 is 2.15 bits per heavy atom. The molecule has 1 N–H and O–H groups in total. The van der Waals surface area contributed by atoms with Crippen LogP contribution in [-0.2, 0) is 12.8 Å². The lowest BCUT2D eigenvalue weighted by Crippen LogP contribution is -2.57. The monoisotopic (exact) mass is 270 g/mol. The summed E-state index contributed by atoms with van der Waals surface area (Å²) in [6, 6.07) is 4.42. The van der Waals surface area contributed by atoms with E-state index in [0.717, 1.165) is 43.9 Å². The fourth-order valence-corrected chi connectivity index (χ4v) is 3.27. The molecule has 3 rings (SSSR count). The minimum Gasteiger partial charge on any atom is -0.352 e. The Morgan fingerprint density at radius 3 is 2.90 bits per heavy atom. The number of aromatic nitrogens is 1. The van der Waals surface area contributed by atoms with Crippen LogP contribution in [0.15, 0.2) is 6.07 Å². The summed E-state index contributed by atoms with van der Waals surface area (Å²) in [6.07, 6.45) is 4.58. The van der Waals surface area contributed by atoms with Crippen LogP contribution in [0.5, 0.6) is 0 Å². The van der Waals surface area contributed by atoms with E-state index in [4.69, 9.17) is 4.98 Å². The van der Waals surface area contributed by atoms with Crippen molar-refractivity contribution in [2.45, 2.75) is 45.1 Å². The van der Waals surface area contributed by atoms with E-state index >= 15 is 0 Å². The van der Waals surface area contributed by atoms with Crippen molar-refractivity contribution in [2.24, 2.45) is 0 Å². The van der Waals surface area contributed by atoms with Crippen LogP contribution in [0.2, 0.25) is 0 Å². The van der Waals surface area contributed by atoms with Gasteiger partial charge in [0.1, 0.15) is 11.9 Å². The van der Waals surface area contributed by atoms with Crippen LogP contribution in [0.25, 0.3) is 0 Å². The van der Waals surface area contributed by atoms with Gasteiger partial charge in [0.2, 0.25) is 0 Å². The van der Waals surface area contributed by atoms with Crippen molar-refractivity contribution in [3.05, 3.63) is 22.9 Å². The van der Waals surface area contributed by atoms with Gasteiger partial charge < -0.3 is 10.2 Å². The van der Waals surface area contributed by atoms with Crippen LogP contribution < -0.4 is 10.2 Å². The fourth-order valence-electron chi connectivity index (χ4n) is 3.27. The molecule has 20 heavy (non-hydrogen) atoms. The van der Waals surface area contributed by atoms with Gasteiger partial charge in [-0.1, -0.05) is 0 Å². The van der Waals surface area contributed by atoms with E-state index in [1.165, 1.54) is 24.1 Å². The summed E-state index contributed by atoms with van der Waals surface area (Å²) >= 11 is 0. The molecule has 0 atom stereocenters. The zero-order valence-corrected chi connectivity index (χ0v) is 12.4. The molecule has 4 nitrogen and oxygen atoms in total. The molecule has 0 radical (unpaired) electrons. The first-order chi connectivity index (χ1) is 9.59. The number of piperazine rings is 1. The predicted octanol–water partition coefficient (Wildman–Crippen LogP) is 2.02. The summed E-state index contributed by atoms with van der Waals surface area (Å²) in [4.78, 5) is 7.12. The van der Waals surface area contributed by atoms with E-state index in [1.54, 1.807) is 0 Å². The Hall–Kier alpha value is -1.60. The normalized spacial score (nSPS) is 21.1. The Labute approximate surface area is 120 Å². The quantitative estimate of drug-likeness (QED) is 0.848. The van der Waals surface area contributed by atoms with E-state index in [2.05, 4.69) is 36.2 Å². The first kappa shape index (κ1) is 13.4. The summed E-state index contributed by atoms with van der Waals surface area (Å²) in [5, 5.41) is 13.0. The van der Waals surface area contributed by atoms with Crippen LogP contribution in [0.1, 0.15) is 43.5 Å². The summed E-state index contributed by atoms with van der Waals surface area (Å²) in [5.41, 5.74) is 3.30. The third-order valence-electron chi connectivity index (χ3n) is 4.27. The number of fused-ring (bicyclic) bond motifs is 1. The average molecular weight is 270 g/mol. The van der Waals surface area contributed by atoms with E-state index < -0.39 is 0 Å². The second-order valence-electron chi connectivity index (χ2n) is 6.52. The Kier molecular flexibility index (Phi) is 3.39. The lowest BCUT2D eigenvalue weighted by molar-refractivity contribution is 0.351. The average Bonchev–Trinajstić information content (AvgIpc) is 2.44. The lowest BCUT2D eigenvalue weighted by atomic mass is 9.94. The molecule has 1 aliphatic heterocycles. The molecule has 0 spiro atoms. The van der Waals surface area contributed by atoms with Crippen molar-refractivity contribution in [2.75, 3.05) is 24.5 Å². The largest absolute Gasteiger partial charge is 0.352 e. The summed E-state index contributed by atoms with van der Waals surface area (Å²) in [6.45, 7) is 7.15. The van der Waals surface area contributed by atoms with Crippen LogP contribution in [0.3, 0.4) is 0 Å². The summed E-state index contributed by atoms with van der Waals surface area (Å²) in [5.74, 6) is 0.891. The highest BCUT2D eigenvalue weighted by molar-refractivity contribution is 5.57. The maximum atomic E-state index is 9.45. The molecule has 1 saturated heterocycles. The molecule has 1 aromatic heterocycles. The second kappa shape index (κ2) is 5.06. The minimum atomic E-state index is 0.0720. The third kappa shape index (κ3) is 2.51. The van der Waals surface area contributed by atoms with Gasteiger partial charge in [0.25, 0.3) is 0 Å². The summed E-state index contributed by atoms with van der Waals surface area (Å²) in [7, 11) is 0. The number of nitrogens with one attached hydrogen (secondary N) is 1.